The third kappa shape index (κ3) is 3.31. The summed E-state index contributed by atoms with van der Waals surface area (Å²) in [6.07, 6.45) is 0. The lowest BCUT2D eigenvalue weighted by atomic mass is 10.2. The fourth-order valence-corrected chi connectivity index (χ4v) is 7.63. The van der Waals surface area contributed by atoms with Gasteiger partial charge in [-0.1, -0.05) is 109 Å². The molecule has 0 fully saturated rings. The Morgan fingerprint density at radius 2 is 1.04 bits per heavy atom. The molecule has 0 heterocycles. The summed E-state index contributed by atoms with van der Waals surface area (Å²) < 4.78 is 0. The summed E-state index contributed by atoms with van der Waals surface area (Å²) in [5.41, 5.74) is 1.90. The molecular weight excluding hydrogens is 357 g/mol. The third-order valence-corrected chi connectivity index (χ3v) is 8.93. The molecule has 0 aliphatic rings. The molecule has 0 saturated carbocycles. The minimum absolute atomic E-state index is 0.732. The van der Waals surface area contributed by atoms with Gasteiger partial charge in [0, 0.05) is 5.30 Å². The normalized spacial score (nSPS) is 10.8. The largest absolute Gasteiger partial charge is 0.192 e. The highest BCUT2D eigenvalue weighted by Crippen LogP contribution is 2.45. The summed E-state index contributed by atoms with van der Waals surface area (Å²) in [7, 11) is 0. The van der Waals surface area contributed by atoms with Crippen LogP contribution in [0.15, 0.2) is 115 Å². The van der Waals surface area contributed by atoms with Crippen molar-refractivity contribution in [3.8, 4) is 6.07 Å². The van der Waals surface area contributed by atoms with Crippen molar-refractivity contribution in [3.63, 3.8) is 0 Å². The van der Waals surface area contributed by atoms with Gasteiger partial charge >= 0.3 is 0 Å². The number of nitriles is 1. The van der Waals surface area contributed by atoms with Crippen molar-refractivity contribution < 1.29 is 0 Å². The van der Waals surface area contributed by atoms with Gasteiger partial charge in [0.1, 0.15) is 0 Å². The molecule has 2 heteroatoms. The van der Waals surface area contributed by atoms with Gasteiger partial charge in [-0.25, -0.2) is 0 Å². The molecule has 4 rings (SSSR count). The topological polar surface area (TPSA) is 23.8 Å². The van der Waals surface area contributed by atoms with Crippen molar-refractivity contribution in [1.82, 2.24) is 0 Å². The van der Waals surface area contributed by atoms with E-state index in [4.69, 9.17) is 0 Å². The van der Waals surface area contributed by atoms with Crippen LogP contribution < -0.4 is 15.9 Å². The van der Waals surface area contributed by atoms with E-state index in [0.717, 1.165) is 16.4 Å². The van der Waals surface area contributed by atoms with E-state index in [1.165, 1.54) is 10.6 Å². The van der Waals surface area contributed by atoms with E-state index in [9.17, 15) is 5.26 Å². The molecule has 28 heavy (non-hydrogen) atoms. The zero-order valence-corrected chi connectivity index (χ0v) is 16.3. The minimum Gasteiger partial charge on any atom is -0.192 e. The second-order valence-corrected chi connectivity index (χ2v) is 9.78. The van der Waals surface area contributed by atoms with Gasteiger partial charge in [0.25, 0.3) is 0 Å². The van der Waals surface area contributed by atoms with Gasteiger partial charge in [-0.2, -0.15) is 5.26 Å². The maximum atomic E-state index is 9.90. The molecule has 0 aromatic heterocycles. The molecule has 0 unspecified atom stereocenters. The van der Waals surface area contributed by atoms with Crippen LogP contribution in [0.3, 0.4) is 0 Å². The Labute approximate surface area is 166 Å². The number of rotatable bonds is 4. The summed E-state index contributed by atoms with van der Waals surface area (Å²) in [6.45, 7) is -2.18. The molecule has 0 atom stereocenters. The first-order valence-corrected chi connectivity index (χ1v) is 11.1. The van der Waals surface area contributed by atoms with Gasteiger partial charge in [0.15, 0.2) is 0 Å². The third-order valence-electron chi connectivity index (χ3n) is 4.87. The van der Waals surface area contributed by atoms with Crippen LogP contribution in [0.4, 0.5) is 0 Å². The van der Waals surface area contributed by atoms with E-state index in [-0.39, 0.29) is 0 Å². The average Bonchev–Trinajstić information content (AvgIpc) is 2.79. The lowest BCUT2D eigenvalue weighted by Gasteiger charge is -2.29. The smallest absolute Gasteiger partial charge is 0.0998 e. The molecule has 0 N–H and O–H groups in total. The van der Waals surface area contributed by atoms with Crippen LogP contribution >= 0.6 is 6.89 Å². The highest BCUT2D eigenvalue weighted by molar-refractivity contribution is 7.94. The van der Waals surface area contributed by atoms with Crippen molar-refractivity contribution in [1.29, 1.82) is 5.26 Å². The average molecular weight is 377 g/mol. The van der Waals surface area contributed by atoms with Crippen molar-refractivity contribution in [2.75, 3.05) is 0 Å². The van der Waals surface area contributed by atoms with E-state index in [0.29, 0.717) is 0 Å². The van der Waals surface area contributed by atoms with Crippen molar-refractivity contribution in [3.05, 3.63) is 126 Å². The lowest BCUT2D eigenvalue weighted by Crippen LogP contribution is -2.28. The standard InChI is InChI=1S/C26H20NP/c27-20-23-14-10-11-19-26(23)28(24-15-6-2-7-16-24,25-17-8-3-9-18-25)21-22-12-4-1-5-13-22/h1-19,21H. The molecule has 4 aromatic carbocycles. The van der Waals surface area contributed by atoms with Gasteiger partial charge < -0.3 is 0 Å². The number of nitrogens with zero attached hydrogens (tertiary/aromatic N) is 1. The predicted octanol–water partition coefficient (Wildman–Crippen LogP) is 4.70. The Balaban J connectivity index is 2.19. The van der Waals surface area contributed by atoms with Crippen molar-refractivity contribution in [2.45, 2.75) is 0 Å². The van der Waals surface area contributed by atoms with Crippen molar-refractivity contribution >= 4 is 28.6 Å². The SMILES string of the molecule is N#Cc1ccccc1P(=Cc1ccccc1)(c1ccccc1)c1ccccc1. The highest BCUT2D eigenvalue weighted by atomic mass is 31.2. The zero-order chi connectivity index (χ0) is 19.2. The molecule has 0 bridgehead atoms. The van der Waals surface area contributed by atoms with Crippen molar-refractivity contribution in [2.24, 2.45) is 0 Å². The molecule has 0 amide bonds. The number of hydrogen-bond acceptors (Lipinski definition) is 1. The fourth-order valence-electron chi connectivity index (χ4n) is 3.61. The van der Waals surface area contributed by atoms with E-state index in [1.54, 1.807) is 0 Å². The Morgan fingerprint density at radius 1 is 0.571 bits per heavy atom. The van der Waals surface area contributed by atoms with E-state index >= 15 is 0 Å². The maximum absolute atomic E-state index is 9.90. The second-order valence-electron chi connectivity index (χ2n) is 6.56. The second kappa shape index (κ2) is 8.13. The summed E-state index contributed by atoms with van der Waals surface area (Å²) in [5, 5.41) is 13.5. The minimum atomic E-state index is -2.18. The molecule has 0 aliphatic heterocycles. The highest BCUT2D eigenvalue weighted by Gasteiger charge is 2.27. The van der Waals surface area contributed by atoms with Gasteiger partial charge in [-0.15, -0.1) is 0 Å². The van der Waals surface area contributed by atoms with Crippen LogP contribution in [0.2, 0.25) is 0 Å². The Bertz CT molecular complexity index is 1110. The Kier molecular flexibility index (Phi) is 5.24. The first-order chi connectivity index (χ1) is 13.8. The van der Waals surface area contributed by atoms with Gasteiger partial charge in [-0.3, -0.25) is 0 Å². The fraction of sp³-hybridized carbons (Fsp3) is 0. The summed E-state index contributed by atoms with van der Waals surface area (Å²) in [6, 6.07) is 42.1. The molecule has 1 nitrogen and oxygen atoms in total. The van der Waals surface area contributed by atoms with Gasteiger partial charge in [0.2, 0.25) is 0 Å². The quantitative estimate of drug-likeness (QED) is 0.473. The maximum Gasteiger partial charge on any atom is 0.0998 e. The molecule has 0 saturated heterocycles. The molecule has 4 aromatic rings. The van der Waals surface area contributed by atoms with Crippen LogP contribution in [-0.4, -0.2) is 5.80 Å². The van der Waals surface area contributed by atoms with E-state index in [1.807, 2.05) is 36.4 Å². The monoisotopic (exact) mass is 377 g/mol. The molecule has 134 valence electrons. The zero-order valence-electron chi connectivity index (χ0n) is 15.4. The van der Waals surface area contributed by atoms with E-state index < -0.39 is 6.89 Å². The van der Waals surface area contributed by atoms with Gasteiger partial charge in [-0.05, 0) is 34.9 Å². The Morgan fingerprint density at radius 3 is 1.57 bits per heavy atom. The molecule has 0 spiro atoms. The summed E-state index contributed by atoms with van der Waals surface area (Å²) in [4.78, 5) is 0. The predicted molar refractivity (Wildman–Crippen MR) is 121 cm³/mol. The number of hydrogen-bond donors (Lipinski definition) is 0. The van der Waals surface area contributed by atoms with Crippen LogP contribution in [0.25, 0.3) is 0 Å². The van der Waals surface area contributed by atoms with Gasteiger partial charge in [0.05, 0.1) is 11.6 Å². The Hall–Kier alpha value is -3.33. The summed E-state index contributed by atoms with van der Waals surface area (Å²) >= 11 is 0. The molecule has 0 aliphatic carbocycles. The molecular formula is C26H20NP. The number of benzene rings is 4. The summed E-state index contributed by atoms with van der Waals surface area (Å²) in [5.74, 6) is 2.38. The lowest BCUT2D eigenvalue weighted by molar-refractivity contribution is 1.50. The van der Waals surface area contributed by atoms with Crippen LogP contribution in [0, 0.1) is 11.3 Å². The first kappa shape index (κ1) is 18.1. The van der Waals surface area contributed by atoms with Crippen LogP contribution in [0.1, 0.15) is 11.1 Å². The molecule has 0 radical (unpaired) electrons. The van der Waals surface area contributed by atoms with Crippen LogP contribution in [0.5, 0.6) is 0 Å². The van der Waals surface area contributed by atoms with Crippen LogP contribution in [-0.2, 0) is 0 Å². The van der Waals surface area contributed by atoms with E-state index in [2.05, 4.69) is 90.7 Å². The first-order valence-electron chi connectivity index (χ1n) is 9.25.